The second-order valence-corrected chi connectivity index (χ2v) is 2.13. The van der Waals surface area contributed by atoms with Gasteiger partial charge in [-0.2, -0.15) is 12.1 Å². The molecule has 0 N–H and O–H groups in total. The van der Waals surface area contributed by atoms with Crippen molar-refractivity contribution in [1.82, 2.24) is 4.98 Å². The minimum atomic E-state index is 0. The Labute approximate surface area is 89.9 Å². The van der Waals surface area contributed by atoms with Crippen molar-refractivity contribution in [3.05, 3.63) is 30.2 Å². The zero-order valence-electron chi connectivity index (χ0n) is 6.16. The van der Waals surface area contributed by atoms with E-state index in [0.717, 1.165) is 11.1 Å². The van der Waals surface area contributed by atoms with Gasteiger partial charge in [-0.05, 0) is 5.52 Å². The van der Waals surface area contributed by atoms with Crippen LogP contribution in [0.2, 0.25) is 0 Å². The summed E-state index contributed by atoms with van der Waals surface area (Å²) >= 11 is 0. The first-order valence-electron chi connectivity index (χ1n) is 3.09. The molecular weight excluding hydrogens is 215 g/mol. The fourth-order valence-corrected chi connectivity index (χ4v) is 0.933. The number of rotatable bonds is 0. The third-order valence-corrected chi connectivity index (χ3v) is 1.34. The molecule has 11 heavy (non-hydrogen) atoms. The van der Waals surface area contributed by atoms with Gasteiger partial charge in [-0.1, -0.05) is 0 Å². The number of oxazole rings is 1. The van der Waals surface area contributed by atoms with Crippen LogP contribution in [-0.2, 0) is 32.7 Å². The Morgan fingerprint density at radius 3 is 3.09 bits per heavy atom. The summed E-state index contributed by atoms with van der Waals surface area (Å²) in [6.07, 6.45) is 0. The zero-order valence-corrected chi connectivity index (χ0v) is 9.00. The van der Waals surface area contributed by atoms with Crippen molar-refractivity contribution in [2.24, 2.45) is 0 Å². The van der Waals surface area contributed by atoms with Crippen LogP contribution in [0.5, 0.6) is 0 Å². The van der Waals surface area contributed by atoms with Crippen LogP contribution in [0.25, 0.3) is 11.1 Å². The van der Waals surface area contributed by atoms with Crippen LogP contribution in [0.15, 0.2) is 22.6 Å². The first-order valence-corrected chi connectivity index (χ1v) is 3.09. The van der Waals surface area contributed by atoms with Crippen molar-refractivity contribution in [3.8, 4) is 0 Å². The van der Waals surface area contributed by atoms with Crippen molar-refractivity contribution in [2.75, 3.05) is 0 Å². The number of fused-ring (bicyclic) bond motifs is 1. The van der Waals surface area contributed by atoms with Gasteiger partial charge in [-0.3, -0.25) is 0 Å². The summed E-state index contributed by atoms with van der Waals surface area (Å²) in [5, 5.41) is 0. The number of benzene rings is 1. The van der Waals surface area contributed by atoms with Gasteiger partial charge >= 0.3 is 0 Å². The molecule has 2 aromatic rings. The molecule has 0 fully saturated rings. The minimum Gasteiger partial charge on any atom is -0.504 e. The molecule has 0 aliphatic rings. The molecule has 0 atom stereocenters. The fourth-order valence-electron chi connectivity index (χ4n) is 0.933. The van der Waals surface area contributed by atoms with E-state index in [2.05, 4.69) is 11.1 Å². The Kier molecular flexibility index (Phi) is 2.80. The molecule has 2 nitrogen and oxygen atoms in total. The topological polar surface area (TPSA) is 26.0 Å². The molecular formula is C8H6NOY-. The maximum atomic E-state index is 5.23. The van der Waals surface area contributed by atoms with E-state index < -0.39 is 0 Å². The van der Waals surface area contributed by atoms with Gasteiger partial charge in [0.05, 0.1) is 0 Å². The van der Waals surface area contributed by atoms with E-state index in [1.807, 2.05) is 19.1 Å². The average molecular weight is 221 g/mol. The van der Waals surface area contributed by atoms with E-state index in [0.29, 0.717) is 5.89 Å². The molecule has 53 valence electrons. The molecule has 1 heterocycles. The van der Waals surface area contributed by atoms with E-state index in [1.54, 1.807) is 6.07 Å². The zero-order chi connectivity index (χ0) is 6.97. The summed E-state index contributed by atoms with van der Waals surface area (Å²) in [4.78, 5) is 4.13. The molecule has 0 aliphatic heterocycles. The van der Waals surface area contributed by atoms with Gasteiger partial charge in [0, 0.05) is 45.2 Å². The predicted molar refractivity (Wildman–Crippen MR) is 37.6 cm³/mol. The van der Waals surface area contributed by atoms with Crippen LogP contribution in [-0.4, -0.2) is 4.98 Å². The quantitative estimate of drug-likeness (QED) is 0.635. The first-order chi connectivity index (χ1) is 4.86. The Hall–Kier alpha value is -0.206. The second kappa shape index (κ2) is 3.46. The smallest absolute Gasteiger partial charge is 0.176 e. The first kappa shape index (κ1) is 8.89. The maximum absolute atomic E-state index is 5.23. The van der Waals surface area contributed by atoms with Crippen LogP contribution in [0.3, 0.4) is 0 Å². The van der Waals surface area contributed by atoms with Crippen molar-refractivity contribution in [2.45, 2.75) is 6.92 Å². The molecule has 0 aliphatic carbocycles. The molecule has 0 unspecified atom stereocenters. The molecule has 2 rings (SSSR count). The molecule has 0 amide bonds. The molecule has 0 saturated carbocycles. The summed E-state index contributed by atoms with van der Waals surface area (Å²) in [7, 11) is 0. The Bertz CT molecular complexity index is 323. The van der Waals surface area contributed by atoms with E-state index in [1.165, 1.54) is 0 Å². The Morgan fingerprint density at radius 2 is 2.36 bits per heavy atom. The van der Waals surface area contributed by atoms with Gasteiger partial charge < -0.3 is 4.42 Å². The van der Waals surface area contributed by atoms with Gasteiger partial charge in [-0.25, -0.2) is 4.98 Å². The largest absolute Gasteiger partial charge is 0.504 e. The number of hydrogen-bond donors (Lipinski definition) is 0. The molecule has 1 radical (unpaired) electrons. The number of aromatic nitrogens is 1. The van der Waals surface area contributed by atoms with E-state index in [-0.39, 0.29) is 32.7 Å². The van der Waals surface area contributed by atoms with Crippen LogP contribution >= 0.6 is 0 Å². The Balaban J connectivity index is 0.000000605. The predicted octanol–water partition coefficient (Wildman–Crippen LogP) is 1.93. The normalized spacial score (nSPS) is 9.55. The third-order valence-electron chi connectivity index (χ3n) is 1.34. The second-order valence-electron chi connectivity index (χ2n) is 2.13. The molecule has 1 aromatic carbocycles. The van der Waals surface area contributed by atoms with Crippen molar-refractivity contribution in [3.63, 3.8) is 0 Å². The third kappa shape index (κ3) is 1.68. The van der Waals surface area contributed by atoms with Crippen LogP contribution < -0.4 is 0 Å². The summed E-state index contributed by atoms with van der Waals surface area (Å²) < 4.78 is 5.23. The molecule has 0 saturated heterocycles. The van der Waals surface area contributed by atoms with E-state index >= 15 is 0 Å². The summed E-state index contributed by atoms with van der Waals surface area (Å²) in [6, 6.07) is 8.41. The van der Waals surface area contributed by atoms with Gasteiger partial charge in [0.25, 0.3) is 0 Å². The monoisotopic (exact) mass is 221 g/mol. The summed E-state index contributed by atoms with van der Waals surface area (Å²) in [6.45, 7) is 1.83. The van der Waals surface area contributed by atoms with Crippen LogP contribution in [0.4, 0.5) is 0 Å². The van der Waals surface area contributed by atoms with Gasteiger partial charge in [0.1, 0.15) is 0 Å². The van der Waals surface area contributed by atoms with Crippen molar-refractivity contribution < 1.29 is 37.1 Å². The average Bonchev–Trinajstić information content (AvgIpc) is 2.27. The Morgan fingerprint density at radius 1 is 1.55 bits per heavy atom. The van der Waals surface area contributed by atoms with Crippen molar-refractivity contribution in [1.29, 1.82) is 0 Å². The maximum Gasteiger partial charge on any atom is 0.176 e. The fraction of sp³-hybridized carbons (Fsp3) is 0.125. The molecule has 0 bridgehead atoms. The van der Waals surface area contributed by atoms with Crippen LogP contribution in [0, 0.1) is 13.0 Å². The van der Waals surface area contributed by atoms with E-state index in [9.17, 15) is 0 Å². The summed E-state index contributed by atoms with van der Waals surface area (Å²) in [5.41, 5.74) is 1.70. The minimum absolute atomic E-state index is 0. The number of nitrogens with zero attached hydrogens (tertiary/aromatic N) is 1. The van der Waals surface area contributed by atoms with Crippen molar-refractivity contribution >= 4 is 11.1 Å². The molecule has 1 aromatic heterocycles. The number of aryl methyl sites for hydroxylation is 1. The standard InChI is InChI=1S/C8H6NO.Y/c1-6-9-7-4-2-3-5-8(7)10-6;/h2,4-5H,1H3;/q-1;. The summed E-state index contributed by atoms with van der Waals surface area (Å²) in [5.74, 6) is 0.703. The SMILES string of the molecule is Cc1nc2cc[c-]cc2o1.[Y]. The molecule has 3 heteroatoms. The van der Waals surface area contributed by atoms with Gasteiger partial charge in [0.15, 0.2) is 5.89 Å². The number of hydrogen-bond acceptors (Lipinski definition) is 2. The van der Waals surface area contributed by atoms with E-state index in [4.69, 9.17) is 4.42 Å². The van der Waals surface area contributed by atoms with Crippen LogP contribution in [0.1, 0.15) is 5.89 Å². The van der Waals surface area contributed by atoms with Gasteiger partial charge in [0.2, 0.25) is 0 Å². The molecule has 0 spiro atoms. The van der Waals surface area contributed by atoms with Gasteiger partial charge in [-0.15, -0.1) is 12.1 Å².